The van der Waals surface area contributed by atoms with E-state index < -0.39 is 0 Å². The fourth-order valence-corrected chi connectivity index (χ4v) is 1.74. The zero-order valence-corrected chi connectivity index (χ0v) is 10.5. The second-order valence-corrected chi connectivity index (χ2v) is 3.98. The van der Waals surface area contributed by atoms with Crippen LogP contribution in [0, 0.1) is 0 Å². The molecular formula is C15H16N2O. The molecule has 0 aliphatic rings. The first-order valence-electron chi connectivity index (χ1n) is 5.85. The molecule has 3 nitrogen and oxygen atoms in total. The lowest BCUT2D eigenvalue weighted by molar-refractivity contribution is 0.103. The van der Waals surface area contributed by atoms with Crippen molar-refractivity contribution < 1.29 is 4.79 Å². The minimum atomic E-state index is 0.0420. The smallest absolute Gasteiger partial charge is 0.193 e. The molecule has 0 saturated heterocycles. The van der Waals surface area contributed by atoms with E-state index in [0.717, 1.165) is 11.4 Å². The van der Waals surface area contributed by atoms with Crippen LogP contribution in [-0.2, 0) is 0 Å². The molecule has 2 aromatic carbocycles. The average Bonchev–Trinajstić information content (AvgIpc) is 2.47. The number of carbonyl (C=O) groups is 1. The van der Waals surface area contributed by atoms with Gasteiger partial charge in [0.05, 0.1) is 0 Å². The maximum Gasteiger partial charge on any atom is 0.193 e. The molecule has 0 atom stereocenters. The molecule has 0 aliphatic heterocycles. The van der Waals surface area contributed by atoms with Crippen molar-refractivity contribution in [3.63, 3.8) is 0 Å². The molecule has 0 aliphatic carbocycles. The van der Waals surface area contributed by atoms with Crippen LogP contribution in [0.15, 0.2) is 48.5 Å². The monoisotopic (exact) mass is 240 g/mol. The standard InChI is InChI=1S/C15H16N2O/c1-16-13-7-3-11(4-8-13)15(18)12-5-9-14(17-2)10-6-12/h3-10,16-17H,1-2H3. The van der Waals surface area contributed by atoms with Gasteiger partial charge in [-0.1, -0.05) is 0 Å². The van der Waals surface area contributed by atoms with Gasteiger partial charge in [0.25, 0.3) is 0 Å². The Morgan fingerprint density at radius 2 is 1.06 bits per heavy atom. The van der Waals surface area contributed by atoms with Gasteiger partial charge in [0.2, 0.25) is 0 Å². The molecule has 92 valence electrons. The third-order valence-electron chi connectivity index (χ3n) is 2.87. The van der Waals surface area contributed by atoms with Crippen molar-refractivity contribution >= 4 is 17.2 Å². The largest absolute Gasteiger partial charge is 0.388 e. The van der Waals surface area contributed by atoms with Gasteiger partial charge < -0.3 is 10.6 Å². The summed E-state index contributed by atoms with van der Waals surface area (Å²) in [7, 11) is 3.71. The molecule has 0 radical (unpaired) electrons. The van der Waals surface area contributed by atoms with Crippen molar-refractivity contribution in [3.8, 4) is 0 Å². The molecule has 3 heteroatoms. The van der Waals surface area contributed by atoms with E-state index in [2.05, 4.69) is 10.6 Å². The quantitative estimate of drug-likeness (QED) is 0.807. The van der Waals surface area contributed by atoms with Crippen LogP contribution in [0.3, 0.4) is 0 Å². The fourth-order valence-electron chi connectivity index (χ4n) is 1.74. The van der Waals surface area contributed by atoms with Gasteiger partial charge in [-0.2, -0.15) is 0 Å². The second-order valence-electron chi connectivity index (χ2n) is 3.98. The van der Waals surface area contributed by atoms with Crippen molar-refractivity contribution in [2.45, 2.75) is 0 Å². The first-order valence-corrected chi connectivity index (χ1v) is 5.85. The van der Waals surface area contributed by atoms with Crippen LogP contribution in [0.5, 0.6) is 0 Å². The minimum Gasteiger partial charge on any atom is -0.388 e. The van der Waals surface area contributed by atoms with Crippen molar-refractivity contribution in [2.75, 3.05) is 24.7 Å². The molecule has 0 unspecified atom stereocenters. The number of benzene rings is 2. The highest BCUT2D eigenvalue weighted by Crippen LogP contribution is 2.15. The summed E-state index contributed by atoms with van der Waals surface area (Å²) in [4.78, 5) is 12.2. The SMILES string of the molecule is CNc1ccc(C(=O)c2ccc(NC)cc2)cc1. The third-order valence-corrected chi connectivity index (χ3v) is 2.87. The van der Waals surface area contributed by atoms with Crippen LogP contribution in [-0.4, -0.2) is 19.9 Å². The van der Waals surface area contributed by atoms with Gasteiger partial charge in [-0.25, -0.2) is 0 Å². The van der Waals surface area contributed by atoms with E-state index >= 15 is 0 Å². The number of ketones is 1. The molecule has 2 N–H and O–H groups in total. The van der Waals surface area contributed by atoms with Crippen molar-refractivity contribution in [3.05, 3.63) is 59.7 Å². The summed E-state index contributed by atoms with van der Waals surface area (Å²) in [6.07, 6.45) is 0. The summed E-state index contributed by atoms with van der Waals surface area (Å²) in [5, 5.41) is 6.06. The highest BCUT2D eigenvalue weighted by Gasteiger charge is 2.08. The Morgan fingerprint density at radius 3 is 1.33 bits per heavy atom. The summed E-state index contributed by atoms with van der Waals surface area (Å²) in [5.41, 5.74) is 3.39. The highest BCUT2D eigenvalue weighted by atomic mass is 16.1. The Morgan fingerprint density at radius 1 is 0.722 bits per heavy atom. The van der Waals surface area contributed by atoms with Gasteiger partial charge in [0.1, 0.15) is 0 Å². The van der Waals surface area contributed by atoms with E-state index in [1.165, 1.54) is 0 Å². The van der Waals surface area contributed by atoms with Crippen LogP contribution < -0.4 is 10.6 Å². The molecule has 0 aromatic heterocycles. The Balaban J connectivity index is 2.23. The Bertz CT molecular complexity index is 480. The van der Waals surface area contributed by atoms with Gasteiger partial charge in [-0.05, 0) is 48.5 Å². The predicted molar refractivity (Wildman–Crippen MR) is 75.4 cm³/mol. The van der Waals surface area contributed by atoms with Crippen LogP contribution in [0.2, 0.25) is 0 Å². The molecule has 0 bridgehead atoms. The van der Waals surface area contributed by atoms with Gasteiger partial charge in [-0.15, -0.1) is 0 Å². The summed E-state index contributed by atoms with van der Waals surface area (Å²) in [6.45, 7) is 0. The fraction of sp³-hybridized carbons (Fsp3) is 0.133. The van der Waals surface area contributed by atoms with Gasteiger partial charge in [0, 0.05) is 36.6 Å². The van der Waals surface area contributed by atoms with E-state index in [4.69, 9.17) is 0 Å². The van der Waals surface area contributed by atoms with Crippen LogP contribution in [0.4, 0.5) is 11.4 Å². The van der Waals surface area contributed by atoms with Gasteiger partial charge >= 0.3 is 0 Å². The topological polar surface area (TPSA) is 41.1 Å². The Labute approximate surface area is 107 Å². The van der Waals surface area contributed by atoms with Gasteiger partial charge in [-0.3, -0.25) is 4.79 Å². The minimum absolute atomic E-state index is 0.0420. The summed E-state index contributed by atoms with van der Waals surface area (Å²) >= 11 is 0. The summed E-state index contributed by atoms with van der Waals surface area (Å²) < 4.78 is 0. The average molecular weight is 240 g/mol. The Kier molecular flexibility index (Phi) is 3.63. The zero-order valence-electron chi connectivity index (χ0n) is 10.5. The number of rotatable bonds is 4. The number of hydrogen-bond donors (Lipinski definition) is 2. The number of anilines is 2. The molecule has 0 amide bonds. The normalized spacial score (nSPS) is 9.89. The number of nitrogens with one attached hydrogen (secondary N) is 2. The predicted octanol–water partition coefficient (Wildman–Crippen LogP) is 3.00. The van der Waals surface area contributed by atoms with E-state index in [9.17, 15) is 4.79 Å². The molecule has 0 saturated carbocycles. The Hall–Kier alpha value is -2.29. The molecule has 18 heavy (non-hydrogen) atoms. The molecule has 0 spiro atoms. The first-order chi connectivity index (χ1) is 8.74. The lowest BCUT2D eigenvalue weighted by Gasteiger charge is -2.05. The second kappa shape index (κ2) is 5.36. The first kappa shape index (κ1) is 12.2. The maximum absolute atomic E-state index is 12.2. The third kappa shape index (κ3) is 2.51. The highest BCUT2D eigenvalue weighted by molar-refractivity contribution is 6.09. The van der Waals surface area contributed by atoms with E-state index in [0.29, 0.717) is 11.1 Å². The number of hydrogen-bond acceptors (Lipinski definition) is 3. The van der Waals surface area contributed by atoms with Crippen LogP contribution in [0.25, 0.3) is 0 Å². The summed E-state index contributed by atoms with van der Waals surface area (Å²) in [5.74, 6) is 0.0420. The van der Waals surface area contributed by atoms with Gasteiger partial charge in [0.15, 0.2) is 5.78 Å². The van der Waals surface area contributed by atoms with Crippen LogP contribution >= 0.6 is 0 Å². The molecule has 2 aromatic rings. The zero-order chi connectivity index (χ0) is 13.0. The van der Waals surface area contributed by atoms with E-state index in [1.54, 1.807) is 0 Å². The van der Waals surface area contributed by atoms with Crippen molar-refractivity contribution in [1.82, 2.24) is 0 Å². The molecule has 0 fully saturated rings. The van der Waals surface area contributed by atoms with Crippen LogP contribution in [0.1, 0.15) is 15.9 Å². The molecular weight excluding hydrogens is 224 g/mol. The summed E-state index contributed by atoms with van der Waals surface area (Å²) in [6, 6.07) is 14.9. The van der Waals surface area contributed by atoms with E-state index in [-0.39, 0.29) is 5.78 Å². The molecule has 2 rings (SSSR count). The van der Waals surface area contributed by atoms with Crippen molar-refractivity contribution in [1.29, 1.82) is 0 Å². The van der Waals surface area contributed by atoms with Crippen molar-refractivity contribution in [2.24, 2.45) is 0 Å². The maximum atomic E-state index is 12.2. The molecule has 0 heterocycles. The lowest BCUT2D eigenvalue weighted by atomic mass is 10.0. The lowest BCUT2D eigenvalue weighted by Crippen LogP contribution is -2.01. The number of carbonyl (C=O) groups excluding carboxylic acids is 1. The van der Waals surface area contributed by atoms with E-state index in [1.807, 2.05) is 62.6 Å².